The summed E-state index contributed by atoms with van der Waals surface area (Å²) in [5, 5.41) is 2.52. The lowest BCUT2D eigenvalue weighted by Crippen LogP contribution is -2.16. The lowest BCUT2D eigenvalue weighted by Gasteiger charge is -2.24. The van der Waals surface area contributed by atoms with Gasteiger partial charge in [-0.15, -0.1) is 0 Å². The summed E-state index contributed by atoms with van der Waals surface area (Å²) in [6, 6.07) is 17.0. The molecule has 0 saturated heterocycles. The Labute approximate surface area is 127 Å². The fourth-order valence-corrected chi connectivity index (χ4v) is 2.84. The van der Waals surface area contributed by atoms with E-state index in [1.807, 2.05) is 6.20 Å². The van der Waals surface area contributed by atoms with Crippen molar-refractivity contribution in [3.05, 3.63) is 65.4 Å². The van der Waals surface area contributed by atoms with Crippen molar-refractivity contribution in [3.63, 3.8) is 0 Å². The Hall–Kier alpha value is -1.87. The largest absolute Gasteiger partial charge is 0.340 e. The number of halogens is 1. The van der Waals surface area contributed by atoms with E-state index in [9.17, 15) is 0 Å². The molecule has 0 N–H and O–H groups in total. The van der Waals surface area contributed by atoms with E-state index in [4.69, 9.17) is 0 Å². The number of aromatic nitrogens is 1. The van der Waals surface area contributed by atoms with Gasteiger partial charge in [-0.3, -0.25) is 4.98 Å². The lowest BCUT2D eigenvalue weighted by atomic mass is 10.1. The molecule has 0 aliphatic heterocycles. The number of hydrogen-bond acceptors (Lipinski definition) is 2. The van der Waals surface area contributed by atoms with Crippen LogP contribution >= 0.6 is 15.9 Å². The molecule has 1 aromatic heterocycles. The van der Waals surface area contributed by atoms with Gasteiger partial charge >= 0.3 is 0 Å². The molecular weight excluding hydrogens is 312 g/mol. The third kappa shape index (κ3) is 2.41. The minimum atomic E-state index is 0.895. The first-order chi connectivity index (χ1) is 9.79. The standard InChI is InChI=1S/C17H15BrN2/c1-2-20(15-10-14(18)11-19-12-15)17-9-5-7-13-6-3-4-8-16(13)17/h3-12H,2H2,1H3. The SMILES string of the molecule is CCN(c1cncc(Br)c1)c1cccc2ccccc12. The summed E-state index contributed by atoms with van der Waals surface area (Å²) in [6.45, 7) is 3.05. The molecule has 1 heterocycles. The predicted octanol–water partition coefficient (Wildman–Crippen LogP) is 5.16. The fraction of sp³-hybridized carbons (Fsp3) is 0.118. The third-order valence-electron chi connectivity index (χ3n) is 3.38. The van der Waals surface area contributed by atoms with Crippen molar-refractivity contribution < 1.29 is 0 Å². The zero-order chi connectivity index (χ0) is 13.9. The van der Waals surface area contributed by atoms with Crippen molar-refractivity contribution in [1.29, 1.82) is 0 Å². The van der Waals surface area contributed by atoms with E-state index >= 15 is 0 Å². The molecule has 0 radical (unpaired) electrons. The zero-order valence-corrected chi connectivity index (χ0v) is 12.8. The summed E-state index contributed by atoms with van der Waals surface area (Å²) in [6.07, 6.45) is 3.70. The Bertz CT molecular complexity index is 734. The van der Waals surface area contributed by atoms with Crippen LogP contribution in [-0.2, 0) is 0 Å². The van der Waals surface area contributed by atoms with Gasteiger partial charge in [0.15, 0.2) is 0 Å². The van der Waals surface area contributed by atoms with Crippen molar-refractivity contribution in [1.82, 2.24) is 4.98 Å². The second kappa shape index (κ2) is 5.63. The summed E-state index contributed by atoms with van der Waals surface area (Å²) in [5.74, 6) is 0. The molecule has 0 atom stereocenters. The normalized spacial score (nSPS) is 10.7. The first-order valence-electron chi connectivity index (χ1n) is 6.65. The van der Waals surface area contributed by atoms with E-state index < -0.39 is 0 Å². The minimum absolute atomic E-state index is 0.895. The van der Waals surface area contributed by atoms with E-state index in [1.165, 1.54) is 16.5 Å². The maximum absolute atomic E-state index is 4.27. The smallest absolute Gasteiger partial charge is 0.0608 e. The topological polar surface area (TPSA) is 16.1 Å². The van der Waals surface area contributed by atoms with Gasteiger partial charge < -0.3 is 4.90 Å². The van der Waals surface area contributed by atoms with Crippen LogP contribution in [0.2, 0.25) is 0 Å². The van der Waals surface area contributed by atoms with Crippen LogP contribution in [0.1, 0.15) is 6.92 Å². The van der Waals surface area contributed by atoms with Crippen LogP contribution in [0.3, 0.4) is 0 Å². The highest BCUT2D eigenvalue weighted by atomic mass is 79.9. The first kappa shape index (κ1) is 13.1. The molecule has 0 aliphatic carbocycles. The van der Waals surface area contributed by atoms with E-state index in [-0.39, 0.29) is 0 Å². The van der Waals surface area contributed by atoms with Crippen molar-refractivity contribution in [2.45, 2.75) is 6.92 Å². The van der Waals surface area contributed by atoms with Crippen LogP contribution in [0.4, 0.5) is 11.4 Å². The Kier molecular flexibility index (Phi) is 3.70. The lowest BCUT2D eigenvalue weighted by molar-refractivity contribution is 1.02. The molecule has 100 valence electrons. The molecule has 0 aliphatic rings. The quantitative estimate of drug-likeness (QED) is 0.661. The van der Waals surface area contributed by atoms with Crippen molar-refractivity contribution in [2.75, 3.05) is 11.4 Å². The Balaban J connectivity index is 2.17. The van der Waals surface area contributed by atoms with Gasteiger partial charge in [0.1, 0.15) is 0 Å². The monoisotopic (exact) mass is 326 g/mol. The molecule has 0 saturated carbocycles. The summed E-state index contributed by atoms with van der Waals surface area (Å²) >= 11 is 3.49. The van der Waals surface area contributed by atoms with Crippen LogP contribution < -0.4 is 4.90 Å². The van der Waals surface area contributed by atoms with Gasteiger partial charge in [0.05, 0.1) is 11.9 Å². The molecule has 0 amide bonds. The number of hydrogen-bond donors (Lipinski definition) is 0. The highest BCUT2D eigenvalue weighted by Gasteiger charge is 2.11. The minimum Gasteiger partial charge on any atom is -0.340 e. The number of fused-ring (bicyclic) bond motifs is 1. The average molecular weight is 327 g/mol. The third-order valence-corrected chi connectivity index (χ3v) is 3.81. The number of pyridine rings is 1. The zero-order valence-electron chi connectivity index (χ0n) is 11.3. The summed E-state index contributed by atoms with van der Waals surface area (Å²) in [4.78, 5) is 6.55. The molecule has 2 nitrogen and oxygen atoms in total. The van der Waals surface area contributed by atoms with Crippen LogP contribution in [-0.4, -0.2) is 11.5 Å². The Morgan fingerprint density at radius 1 is 1.05 bits per heavy atom. The molecule has 0 bridgehead atoms. The van der Waals surface area contributed by atoms with Gasteiger partial charge in [0.2, 0.25) is 0 Å². The molecule has 2 aromatic carbocycles. The fourth-order valence-electron chi connectivity index (χ4n) is 2.48. The van der Waals surface area contributed by atoms with Crippen LogP contribution in [0.15, 0.2) is 65.4 Å². The molecule has 0 spiro atoms. The van der Waals surface area contributed by atoms with Crippen molar-refractivity contribution in [3.8, 4) is 0 Å². The van der Waals surface area contributed by atoms with Gasteiger partial charge in [-0.1, -0.05) is 36.4 Å². The summed E-state index contributed by atoms with van der Waals surface area (Å²) in [7, 11) is 0. The van der Waals surface area contributed by atoms with Gasteiger partial charge in [0.25, 0.3) is 0 Å². The predicted molar refractivity (Wildman–Crippen MR) is 88.6 cm³/mol. The molecule has 3 heteroatoms. The highest BCUT2D eigenvalue weighted by Crippen LogP contribution is 2.32. The van der Waals surface area contributed by atoms with Crippen molar-refractivity contribution in [2.24, 2.45) is 0 Å². The molecule has 3 aromatic rings. The van der Waals surface area contributed by atoms with Crippen LogP contribution in [0.25, 0.3) is 10.8 Å². The van der Waals surface area contributed by atoms with Gasteiger partial charge in [0, 0.05) is 28.3 Å². The van der Waals surface area contributed by atoms with Crippen LogP contribution in [0.5, 0.6) is 0 Å². The van der Waals surface area contributed by atoms with Gasteiger partial charge in [-0.25, -0.2) is 0 Å². The molecule has 0 fully saturated rings. The number of anilines is 2. The van der Waals surface area contributed by atoms with E-state index in [2.05, 4.69) is 81.3 Å². The molecule has 3 rings (SSSR count). The molecule has 0 unspecified atom stereocenters. The van der Waals surface area contributed by atoms with E-state index in [1.54, 1.807) is 6.20 Å². The van der Waals surface area contributed by atoms with E-state index in [0.29, 0.717) is 0 Å². The maximum atomic E-state index is 4.27. The summed E-state index contributed by atoms with van der Waals surface area (Å²) in [5.41, 5.74) is 2.31. The molecular formula is C17H15BrN2. The molecule has 20 heavy (non-hydrogen) atoms. The van der Waals surface area contributed by atoms with Gasteiger partial charge in [-0.2, -0.15) is 0 Å². The summed E-state index contributed by atoms with van der Waals surface area (Å²) < 4.78 is 0.994. The van der Waals surface area contributed by atoms with Crippen molar-refractivity contribution >= 4 is 38.1 Å². The second-order valence-corrected chi connectivity index (χ2v) is 5.52. The van der Waals surface area contributed by atoms with Crippen LogP contribution in [0, 0.1) is 0 Å². The maximum Gasteiger partial charge on any atom is 0.0608 e. The second-order valence-electron chi connectivity index (χ2n) is 4.60. The number of rotatable bonds is 3. The first-order valence-corrected chi connectivity index (χ1v) is 7.44. The Morgan fingerprint density at radius 2 is 1.85 bits per heavy atom. The number of nitrogens with zero attached hydrogens (tertiary/aromatic N) is 2. The Morgan fingerprint density at radius 3 is 2.65 bits per heavy atom. The highest BCUT2D eigenvalue weighted by molar-refractivity contribution is 9.10. The van der Waals surface area contributed by atoms with E-state index in [0.717, 1.165) is 16.7 Å². The number of benzene rings is 2. The average Bonchev–Trinajstić information content (AvgIpc) is 2.48. The van der Waals surface area contributed by atoms with Gasteiger partial charge in [-0.05, 0) is 40.4 Å².